The first-order valence-corrected chi connectivity index (χ1v) is 19.4. The molecule has 1 atom stereocenters. The van der Waals surface area contributed by atoms with Crippen molar-refractivity contribution in [2.24, 2.45) is 0 Å². The number of rotatable bonds is 17. The van der Waals surface area contributed by atoms with E-state index in [4.69, 9.17) is 9.47 Å². The van der Waals surface area contributed by atoms with Crippen molar-refractivity contribution in [3.8, 4) is 16.9 Å². The third kappa shape index (κ3) is 10.7. The number of unbranched alkanes of at least 4 members (excludes halogenated alkanes) is 1. The number of carbonyl (C=O) groups excluding carboxylic acids is 1. The summed E-state index contributed by atoms with van der Waals surface area (Å²) in [6.45, 7) is 10.9. The fourth-order valence-electron chi connectivity index (χ4n) is 6.11. The zero-order chi connectivity index (χ0) is 35.1. The summed E-state index contributed by atoms with van der Waals surface area (Å²) < 4.78 is 26.6. The van der Waals surface area contributed by atoms with Crippen molar-refractivity contribution in [3.63, 3.8) is 0 Å². The van der Waals surface area contributed by atoms with E-state index < -0.39 is 11.2 Å². The Bertz CT molecular complexity index is 1660. The van der Waals surface area contributed by atoms with Gasteiger partial charge in [0.15, 0.2) is 10.6 Å². The fourth-order valence-corrected chi connectivity index (χ4v) is 7.22. The lowest BCUT2D eigenvalue weighted by molar-refractivity contribution is -0.112. The average molecular weight is 697 g/mol. The van der Waals surface area contributed by atoms with Crippen molar-refractivity contribution in [1.29, 1.82) is 0 Å². The lowest BCUT2D eigenvalue weighted by Crippen LogP contribution is -2.24. The quantitative estimate of drug-likeness (QED) is 0.0674. The van der Waals surface area contributed by atoms with Crippen molar-refractivity contribution in [3.05, 3.63) is 96.1 Å². The number of amides is 1. The molecule has 0 saturated carbocycles. The largest absolute Gasteiger partial charge is 0.611 e. The summed E-state index contributed by atoms with van der Waals surface area (Å²) in [5, 5.41) is 3.04. The Balaban J connectivity index is 1.28. The lowest BCUT2D eigenvalue weighted by atomic mass is 9.99. The van der Waals surface area contributed by atoms with Crippen LogP contribution in [-0.4, -0.2) is 52.9 Å². The molecule has 1 fully saturated rings. The van der Waals surface area contributed by atoms with Crippen molar-refractivity contribution in [1.82, 2.24) is 9.55 Å². The number of nitrogens with one attached hydrogen (secondary N) is 1. The van der Waals surface area contributed by atoms with Crippen LogP contribution in [0.1, 0.15) is 77.0 Å². The normalized spacial score (nSPS) is 14.3. The van der Waals surface area contributed by atoms with E-state index in [2.05, 4.69) is 59.4 Å². The first kappa shape index (κ1) is 37.2. The highest BCUT2D eigenvalue weighted by Gasteiger charge is 2.17. The van der Waals surface area contributed by atoms with Gasteiger partial charge in [-0.05, 0) is 115 Å². The number of benzene rings is 3. The van der Waals surface area contributed by atoms with Crippen LogP contribution in [0.5, 0.6) is 5.75 Å². The van der Waals surface area contributed by atoms with Crippen LogP contribution < -0.4 is 15.0 Å². The molecule has 0 spiro atoms. The fraction of sp³-hybridized carbons (Fsp3) is 0.415. The molecule has 1 amide bonds. The molecule has 8 nitrogen and oxygen atoms in total. The highest BCUT2D eigenvalue weighted by Crippen LogP contribution is 2.32. The number of hydrogen-bond donors (Lipinski definition) is 1. The van der Waals surface area contributed by atoms with Gasteiger partial charge in [0, 0.05) is 43.2 Å². The Hall–Kier alpha value is -4.05. The molecule has 3 aromatic carbocycles. The summed E-state index contributed by atoms with van der Waals surface area (Å²) in [4.78, 5) is 20.9. The summed E-state index contributed by atoms with van der Waals surface area (Å²) in [6, 6.07) is 22.0. The number of imidazole rings is 1. The minimum atomic E-state index is -1.21. The van der Waals surface area contributed by atoms with Gasteiger partial charge in [-0.15, -0.1) is 0 Å². The topological polar surface area (TPSA) is 91.7 Å². The van der Waals surface area contributed by atoms with Crippen molar-refractivity contribution >= 4 is 34.5 Å². The standard InChI is InChI=1S/C41H52N4O4S/c1-4-6-24-48-25-26-49-38-16-11-33(12-17-38)34-13-20-40(44-22-9-7-8-10-23-44)35(28-34)27-32(3)41(46)43-36-14-18-39(19-15-36)50(47)30-37-29-42-31-45(37)21-5-2/h11-20,27-29,31H,4-10,21-26,30H2,1-3H3,(H,43,46). The molecule has 5 rings (SSSR count). The molecular weight excluding hydrogens is 645 g/mol. The Morgan fingerprint density at radius 2 is 1.66 bits per heavy atom. The predicted octanol–water partition coefficient (Wildman–Crippen LogP) is 8.89. The van der Waals surface area contributed by atoms with E-state index in [-0.39, 0.29) is 5.91 Å². The number of aryl methyl sites for hydroxylation is 1. The van der Waals surface area contributed by atoms with Crippen LogP contribution >= 0.6 is 0 Å². The van der Waals surface area contributed by atoms with Crippen LogP contribution in [0.4, 0.5) is 11.4 Å². The molecule has 1 aromatic heterocycles. The molecule has 4 aromatic rings. The zero-order valence-electron chi connectivity index (χ0n) is 29.9. The van der Waals surface area contributed by atoms with E-state index in [1.54, 1.807) is 12.5 Å². The Morgan fingerprint density at radius 3 is 2.38 bits per heavy atom. The molecule has 1 aliphatic heterocycles. The molecule has 9 heteroatoms. The molecular formula is C41H52N4O4S. The van der Waals surface area contributed by atoms with Gasteiger partial charge in [0.1, 0.15) is 12.4 Å². The number of nitrogens with zero attached hydrogens (tertiary/aromatic N) is 3. The molecule has 1 aliphatic rings. The molecule has 266 valence electrons. The van der Waals surface area contributed by atoms with Gasteiger partial charge in [-0.2, -0.15) is 0 Å². The minimum absolute atomic E-state index is 0.172. The third-order valence-corrected chi connectivity index (χ3v) is 10.3. The van der Waals surface area contributed by atoms with Crippen LogP contribution in [-0.2, 0) is 33.0 Å². The van der Waals surface area contributed by atoms with Gasteiger partial charge < -0.3 is 28.8 Å². The SMILES string of the molecule is CCCCOCCOc1ccc(-c2ccc(N3CCCCCC3)c(C=C(C)C(=O)Nc3ccc([S+]([O-])Cc4cncn4CCC)cc3)c2)cc1. The van der Waals surface area contributed by atoms with Gasteiger partial charge in [-0.3, -0.25) is 4.79 Å². The van der Waals surface area contributed by atoms with Crippen LogP contribution in [0, 0.1) is 0 Å². The van der Waals surface area contributed by atoms with Gasteiger partial charge in [0.2, 0.25) is 0 Å². The Kier molecular flexibility index (Phi) is 14.4. The molecule has 2 heterocycles. The van der Waals surface area contributed by atoms with Crippen molar-refractivity contribution < 1.29 is 18.8 Å². The molecule has 50 heavy (non-hydrogen) atoms. The maximum atomic E-state index is 13.5. The van der Waals surface area contributed by atoms with Crippen molar-refractivity contribution in [2.45, 2.75) is 82.9 Å². The van der Waals surface area contributed by atoms with E-state index in [1.165, 1.54) is 25.7 Å². The summed E-state index contributed by atoms with van der Waals surface area (Å²) >= 11 is -1.21. The van der Waals surface area contributed by atoms with Crippen LogP contribution in [0.15, 0.2) is 89.7 Å². The lowest BCUT2D eigenvalue weighted by Gasteiger charge is -2.25. The van der Waals surface area contributed by atoms with Crippen LogP contribution in [0.25, 0.3) is 17.2 Å². The second kappa shape index (κ2) is 19.4. The summed E-state index contributed by atoms with van der Waals surface area (Å²) in [5.41, 5.74) is 6.57. The highest BCUT2D eigenvalue weighted by atomic mass is 32.2. The summed E-state index contributed by atoms with van der Waals surface area (Å²) in [5.74, 6) is 1.05. The third-order valence-electron chi connectivity index (χ3n) is 8.95. The van der Waals surface area contributed by atoms with E-state index >= 15 is 0 Å². The molecule has 1 unspecified atom stereocenters. The summed E-state index contributed by atoms with van der Waals surface area (Å²) in [6.07, 6.45) is 13.6. The van der Waals surface area contributed by atoms with Crippen LogP contribution in [0.2, 0.25) is 0 Å². The molecule has 0 bridgehead atoms. The maximum absolute atomic E-state index is 13.5. The first-order chi connectivity index (χ1) is 24.4. The van der Waals surface area contributed by atoms with Gasteiger partial charge in [-0.25, -0.2) is 4.98 Å². The number of aromatic nitrogens is 2. The van der Waals surface area contributed by atoms with Gasteiger partial charge in [-0.1, -0.05) is 51.3 Å². The summed E-state index contributed by atoms with van der Waals surface area (Å²) in [7, 11) is 0. The Morgan fingerprint density at radius 1 is 0.920 bits per heavy atom. The van der Waals surface area contributed by atoms with E-state index in [0.717, 1.165) is 84.2 Å². The number of carbonyl (C=O) groups is 1. The monoisotopic (exact) mass is 696 g/mol. The molecule has 1 saturated heterocycles. The second-order valence-electron chi connectivity index (χ2n) is 12.9. The van der Waals surface area contributed by atoms with Crippen molar-refractivity contribution in [2.75, 3.05) is 43.1 Å². The first-order valence-electron chi connectivity index (χ1n) is 18.1. The van der Waals surface area contributed by atoms with Gasteiger partial charge in [0.25, 0.3) is 5.91 Å². The number of ether oxygens (including phenoxy) is 2. The van der Waals surface area contributed by atoms with E-state index in [1.807, 2.05) is 54.0 Å². The van der Waals surface area contributed by atoms with E-state index in [9.17, 15) is 9.35 Å². The van der Waals surface area contributed by atoms with Gasteiger partial charge in [0.05, 0.1) is 24.8 Å². The highest BCUT2D eigenvalue weighted by molar-refractivity contribution is 7.90. The second-order valence-corrected chi connectivity index (χ2v) is 14.3. The van der Waals surface area contributed by atoms with Gasteiger partial charge >= 0.3 is 0 Å². The molecule has 0 aliphatic carbocycles. The maximum Gasteiger partial charge on any atom is 0.251 e. The van der Waals surface area contributed by atoms with Crippen LogP contribution in [0.3, 0.4) is 0 Å². The molecule has 1 N–H and O–H groups in total. The molecule has 0 radical (unpaired) electrons. The zero-order valence-corrected chi connectivity index (χ0v) is 30.7. The van der Waals surface area contributed by atoms with E-state index in [0.29, 0.717) is 30.2 Å². The number of hydrogen-bond acceptors (Lipinski definition) is 6. The number of anilines is 2. The smallest absolute Gasteiger partial charge is 0.251 e. The minimum Gasteiger partial charge on any atom is -0.611 e. The Labute approximate surface area is 301 Å². The average Bonchev–Trinajstić information content (AvgIpc) is 3.38. The predicted molar refractivity (Wildman–Crippen MR) is 205 cm³/mol.